The molecule has 0 aliphatic heterocycles. The summed E-state index contributed by atoms with van der Waals surface area (Å²) in [6, 6.07) is 17.5. The zero-order chi connectivity index (χ0) is 18.1. The molecule has 4 aromatic rings. The van der Waals surface area contributed by atoms with Crippen molar-refractivity contribution in [3.63, 3.8) is 0 Å². The van der Waals surface area contributed by atoms with Crippen LogP contribution in [0.4, 0.5) is 5.69 Å². The quantitative estimate of drug-likeness (QED) is 0.595. The zero-order valence-corrected chi connectivity index (χ0v) is 14.7. The first kappa shape index (κ1) is 16.1. The fourth-order valence-electron chi connectivity index (χ4n) is 2.89. The predicted molar refractivity (Wildman–Crippen MR) is 102 cm³/mol. The Hall–Kier alpha value is -3.41. The Morgan fingerprint density at radius 1 is 1.04 bits per heavy atom. The Morgan fingerprint density at radius 3 is 2.58 bits per heavy atom. The van der Waals surface area contributed by atoms with Gasteiger partial charge in [-0.3, -0.25) is 4.79 Å². The van der Waals surface area contributed by atoms with E-state index in [1.165, 1.54) is 10.1 Å². The van der Waals surface area contributed by atoms with E-state index in [-0.39, 0.29) is 5.56 Å². The minimum atomic E-state index is -0.203. The maximum atomic E-state index is 12.4. The number of aromatic nitrogens is 4. The van der Waals surface area contributed by atoms with Gasteiger partial charge in [0, 0.05) is 23.0 Å². The minimum absolute atomic E-state index is 0.203. The van der Waals surface area contributed by atoms with Gasteiger partial charge in [0.1, 0.15) is 0 Å². The molecule has 6 nitrogen and oxygen atoms in total. The number of fused-ring (bicyclic) bond motifs is 1. The lowest BCUT2D eigenvalue weighted by Crippen LogP contribution is -2.17. The van der Waals surface area contributed by atoms with Crippen LogP contribution in [0.5, 0.6) is 0 Å². The van der Waals surface area contributed by atoms with Crippen LogP contribution < -0.4 is 10.9 Å². The number of nitrogens with one attached hydrogen (secondary N) is 2. The van der Waals surface area contributed by atoms with Crippen LogP contribution in [-0.4, -0.2) is 19.6 Å². The topological polar surface area (TPSA) is 75.1 Å². The maximum Gasteiger partial charge on any atom is 0.275 e. The van der Waals surface area contributed by atoms with E-state index in [1.807, 2.05) is 56.3 Å². The van der Waals surface area contributed by atoms with E-state index in [1.54, 1.807) is 6.07 Å². The van der Waals surface area contributed by atoms with Gasteiger partial charge in [0.2, 0.25) is 5.78 Å². The minimum Gasteiger partial charge on any atom is -0.379 e. The number of nitrogens with zero attached hydrogens (tertiary/aromatic N) is 3. The van der Waals surface area contributed by atoms with Gasteiger partial charge in [-0.05, 0) is 37.6 Å². The van der Waals surface area contributed by atoms with Crippen molar-refractivity contribution < 1.29 is 0 Å². The molecule has 2 aromatic carbocycles. The van der Waals surface area contributed by atoms with E-state index in [2.05, 4.69) is 26.4 Å². The largest absolute Gasteiger partial charge is 0.379 e. The fourth-order valence-corrected chi connectivity index (χ4v) is 2.89. The molecule has 0 saturated heterocycles. The second-order valence-corrected chi connectivity index (χ2v) is 6.40. The van der Waals surface area contributed by atoms with E-state index in [4.69, 9.17) is 0 Å². The Balaban J connectivity index is 1.65. The predicted octanol–water partition coefficient (Wildman–Crippen LogP) is 3.31. The monoisotopic (exact) mass is 345 g/mol. The lowest BCUT2D eigenvalue weighted by Gasteiger charge is -2.07. The number of aryl methyl sites for hydroxylation is 2. The van der Waals surface area contributed by atoms with Crippen molar-refractivity contribution in [1.82, 2.24) is 19.6 Å². The van der Waals surface area contributed by atoms with E-state index in [0.717, 1.165) is 22.5 Å². The molecule has 26 heavy (non-hydrogen) atoms. The van der Waals surface area contributed by atoms with Crippen molar-refractivity contribution in [2.75, 3.05) is 5.32 Å². The Morgan fingerprint density at radius 2 is 1.81 bits per heavy atom. The molecule has 2 heterocycles. The summed E-state index contributed by atoms with van der Waals surface area (Å²) < 4.78 is 1.30. The van der Waals surface area contributed by atoms with Gasteiger partial charge < -0.3 is 10.3 Å². The first-order valence-corrected chi connectivity index (χ1v) is 8.45. The lowest BCUT2D eigenvalue weighted by molar-refractivity contribution is 0.879. The van der Waals surface area contributed by atoms with Crippen molar-refractivity contribution in [2.24, 2.45) is 0 Å². The summed E-state index contributed by atoms with van der Waals surface area (Å²) in [4.78, 5) is 20.1. The van der Waals surface area contributed by atoms with Gasteiger partial charge in [-0.2, -0.15) is 9.50 Å². The standard InChI is InChI=1S/C20H19N5O/c1-13-5-3-7-15(9-13)19-23-20-22-17(11-18(26)25(20)24-19)12-21-16-8-4-6-14(2)10-16/h3-11,21H,12H2,1-2H3,(H,22,23,24). The van der Waals surface area contributed by atoms with E-state index < -0.39 is 0 Å². The van der Waals surface area contributed by atoms with Gasteiger partial charge in [-0.1, -0.05) is 35.9 Å². The summed E-state index contributed by atoms with van der Waals surface area (Å²) in [5, 5.41) is 7.65. The molecule has 0 spiro atoms. The molecule has 0 saturated carbocycles. The molecule has 6 heteroatoms. The van der Waals surface area contributed by atoms with Gasteiger partial charge in [0.15, 0.2) is 5.82 Å². The number of aromatic amines is 1. The van der Waals surface area contributed by atoms with Crippen molar-refractivity contribution in [1.29, 1.82) is 0 Å². The summed E-state index contributed by atoms with van der Waals surface area (Å²) in [7, 11) is 0. The third-order valence-corrected chi connectivity index (χ3v) is 4.16. The van der Waals surface area contributed by atoms with Crippen LogP contribution in [0.3, 0.4) is 0 Å². The van der Waals surface area contributed by atoms with Crippen LogP contribution in [0.1, 0.15) is 16.8 Å². The van der Waals surface area contributed by atoms with Gasteiger partial charge >= 0.3 is 0 Å². The molecule has 4 rings (SSSR count). The van der Waals surface area contributed by atoms with Crippen LogP contribution >= 0.6 is 0 Å². The van der Waals surface area contributed by atoms with Crippen LogP contribution in [0.15, 0.2) is 59.4 Å². The maximum absolute atomic E-state index is 12.4. The average molecular weight is 345 g/mol. The second kappa shape index (κ2) is 6.48. The third kappa shape index (κ3) is 3.21. The molecule has 0 amide bonds. The number of benzene rings is 2. The van der Waals surface area contributed by atoms with Gasteiger partial charge in [-0.15, -0.1) is 5.10 Å². The first-order chi connectivity index (χ1) is 12.6. The van der Waals surface area contributed by atoms with Crippen LogP contribution in [-0.2, 0) is 6.54 Å². The SMILES string of the molecule is Cc1cccc(NCc2cc(=O)n3nc(-c4cccc(C)c4)nc3[nH]2)c1. The lowest BCUT2D eigenvalue weighted by atomic mass is 10.1. The molecular weight excluding hydrogens is 326 g/mol. The van der Waals surface area contributed by atoms with Crippen molar-refractivity contribution in [2.45, 2.75) is 20.4 Å². The highest BCUT2D eigenvalue weighted by Crippen LogP contribution is 2.16. The smallest absolute Gasteiger partial charge is 0.275 e. The zero-order valence-electron chi connectivity index (χ0n) is 14.7. The van der Waals surface area contributed by atoms with Gasteiger partial charge in [0.05, 0.1) is 6.54 Å². The molecule has 0 aliphatic rings. The number of hydrogen-bond donors (Lipinski definition) is 2. The highest BCUT2D eigenvalue weighted by atomic mass is 16.1. The average Bonchev–Trinajstić information content (AvgIpc) is 3.05. The number of hydrogen-bond acceptors (Lipinski definition) is 4. The molecule has 0 bridgehead atoms. The molecule has 2 aromatic heterocycles. The normalized spacial score (nSPS) is 11.0. The Kier molecular flexibility index (Phi) is 4.01. The first-order valence-electron chi connectivity index (χ1n) is 8.45. The van der Waals surface area contributed by atoms with E-state index in [0.29, 0.717) is 18.1 Å². The highest BCUT2D eigenvalue weighted by Gasteiger charge is 2.10. The molecule has 0 radical (unpaired) electrons. The number of H-pyrrole nitrogens is 1. The highest BCUT2D eigenvalue weighted by molar-refractivity contribution is 5.57. The Bertz CT molecular complexity index is 1140. The molecule has 2 N–H and O–H groups in total. The van der Waals surface area contributed by atoms with Gasteiger partial charge in [0.25, 0.3) is 5.56 Å². The molecule has 0 aliphatic carbocycles. The summed E-state index contributed by atoms with van der Waals surface area (Å²) >= 11 is 0. The van der Waals surface area contributed by atoms with E-state index in [9.17, 15) is 4.79 Å². The van der Waals surface area contributed by atoms with Crippen LogP contribution in [0.2, 0.25) is 0 Å². The number of rotatable bonds is 4. The summed E-state index contributed by atoms with van der Waals surface area (Å²) in [5.41, 5.74) is 4.75. The number of anilines is 1. The molecule has 0 atom stereocenters. The second-order valence-electron chi connectivity index (χ2n) is 6.40. The fraction of sp³-hybridized carbons (Fsp3) is 0.150. The van der Waals surface area contributed by atoms with Crippen molar-refractivity contribution in [3.05, 3.63) is 81.8 Å². The summed E-state index contributed by atoms with van der Waals surface area (Å²) in [5.74, 6) is 0.973. The molecule has 130 valence electrons. The third-order valence-electron chi connectivity index (χ3n) is 4.16. The van der Waals surface area contributed by atoms with Crippen LogP contribution in [0.25, 0.3) is 17.2 Å². The van der Waals surface area contributed by atoms with Crippen molar-refractivity contribution in [3.8, 4) is 11.4 Å². The summed E-state index contributed by atoms with van der Waals surface area (Å²) in [6.45, 7) is 4.56. The van der Waals surface area contributed by atoms with Crippen molar-refractivity contribution >= 4 is 11.5 Å². The Labute approximate surface area is 150 Å². The van der Waals surface area contributed by atoms with Gasteiger partial charge in [-0.25, -0.2) is 0 Å². The van der Waals surface area contributed by atoms with Crippen LogP contribution in [0, 0.1) is 13.8 Å². The summed E-state index contributed by atoms with van der Waals surface area (Å²) in [6.07, 6.45) is 0. The molecular formula is C20H19N5O. The molecule has 0 unspecified atom stereocenters. The van der Waals surface area contributed by atoms with E-state index >= 15 is 0 Å². The molecule has 0 fully saturated rings.